The van der Waals surface area contributed by atoms with E-state index < -0.39 is 0 Å². The van der Waals surface area contributed by atoms with Crippen LogP contribution >= 0.6 is 0 Å². The quantitative estimate of drug-likeness (QED) is 0.214. The lowest BCUT2D eigenvalue weighted by molar-refractivity contribution is 0.669. The van der Waals surface area contributed by atoms with E-state index in [0.717, 1.165) is 39.0 Å². The van der Waals surface area contributed by atoms with Gasteiger partial charge in [-0.25, -0.2) is 0 Å². The molecule has 10 rings (SSSR count). The van der Waals surface area contributed by atoms with Crippen LogP contribution in [0, 0.1) is 0 Å². The third-order valence-electron chi connectivity index (χ3n) is 9.36. The van der Waals surface area contributed by atoms with Crippen molar-refractivity contribution in [3.63, 3.8) is 0 Å². The fourth-order valence-electron chi connectivity index (χ4n) is 7.58. The molecule has 8 aromatic rings. The van der Waals surface area contributed by atoms with Crippen molar-refractivity contribution in [3.05, 3.63) is 152 Å². The number of rotatable bonds is 3. The van der Waals surface area contributed by atoms with E-state index >= 15 is 0 Å². The molecule has 0 unspecified atom stereocenters. The molecule has 7 aromatic carbocycles. The van der Waals surface area contributed by atoms with Crippen LogP contribution in [0.5, 0.6) is 0 Å². The average Bonchev–Trinajstić information content (AvgIpc) is 3.42. The fraction of sp³-hybridized carbons (Fsp3) is 0. The van der Waals surface area contributed by atoms with Crippen LogP contribution in [0.25, 0.3) is 77.6 Å². The van der Waals surface area contributed by atoms with E-state index in [-0.39, 0.29) is 0 Å². The summed E-state index contributed by atoms with van der Waals surface area (Å²) in [6.45, 7) is 0. The van der Waals surface area contributed by atoms with Crippen LogP contribution in [0.4, 0.5) is 17.1 Å². The van der Waals surface area contributed by atoms with Gasteiger partial charge in [0.2, 0.25) is 0 Å². The molecule has 44 heavy (non-hydrogen) atoms. The second-order valence-corrected chi connectivity index (χ2v) is 11.7. The second kappa shape index (κ2) is 8.82. The predicted octanol–water partition coefficient (Wildman–Crippen LogP) is 12.0. The van der Waals surface area contributed by atoms with E-state index in [2.05, 4.69) is 150 Å². The van der Waals surface area contributed by atoms with Crippen molar-refractivity contribution in [2.45, 2.75) is 0 Å². The zero-order valence-electron chi connectivity index (χ0n) is 23.8. The molecule has 2 heteroatoms. The van der Waals surface area contributed by atoms with Gasteiger partial charge in [0, 0.05) is 16.8 Å². The van der Waals surface area contributed by atoms with Gasteiger partial charge in [-0.3, -0.25) is 0 Å². The Labute approximate surface area is 255 Å². The smallest absolute Gasteiger partial charge is 0.137 e. The molecule has 204 valence electrons. The molecule has 0 atom stereocenters. The molecule has 0 saturated carbocycles. The first-order valence-corrected chi connectivity index (χ1v) is 15.1. The summed E-state index contributed by atoms with van der Waals surface area (Å²) in [7, 11) is 0. The van der Waals surface area contributed by atoms with Gasteiger partial charge in [-0.05, 0) is 98.1 Å². The van der Waals surface area contributed by atoms with Crippen molar-refractivity contribution in [1.29, 1.82) is 0 Å². The summed E-state index contributed by atoms with van der Waals surface area (Å²) in [4.78, 5) is 2.38. The van der Waals surface area contributed by atoms with Crippen LogP contribution in [0.1, 0.15) is 0 Å². The van der Waals surface area contributed by atoms with Crippen molar-refractivity contribution >= 4 is 39.0 Å². The largest absolute Gasteiger partial charge is 0.456 e. The van der Waals surface area contributed by atoms with Crippen molar-refractivity contribution in [2.75, 3.05) is 4.90 Å². The van der Waals surface area contributed by atoms with Gasteiger partial charge in [0.05, 0.1) is 11.1 Å². The first kappa shape index (κ1) is 23.7. The van der Waals surface area contributed by atoms with Crippen LogP contribution in [0.3, 0.4) is 0 Å². The summed E-state index contributed by atoms with van der Waals surface area (Å²) in [5.74, 6) is 0. The minimum Gasteiger partial charge on any atom is -0.456 e. The van der Waals surface area contributed by atoms with Gasteiger partial charge in [-0.15, -0.1) is 0 Å². The Bertz CT molecular complexity index is 2430. The molecule has 0 spiro atoms. The molecule has 6 bridgehead atoms. The molecule has 0 aliphatic heterocycles. The number of nitrogens with zero attached hydrogens (tertiary/aromatic N) is 1. The molecule has 0 fully saturated rings. The van der Waals surface area contributed by atoms with Crippen molar-refractivity contribution in [2.24, 2.45) is 0 Å². The fourth-order valence-corrected chi connectivity index (χ4v) is 7.58. The summed E-state index contributed by atoms with van der Waals surface area (Å²) in [5.41, 5.74) is 18.0. The third-order valence-corrected chi connectivity index (χ3v) is 9.36. The summed E-state index contributed by atoms with van der Waals surface area (Å²) >= 11 is 0. The Morgan fingerprint density at radius 3 is 1.73 bits per heavy atom. The van der Waals surface area contributed by atoms with E-state index in [0.29, 0.717) is 0 Å². The SMILES string of the molecule is c1ccc(N(c2ccc3c(c2)-c2c4cccc2-c2cccc-3c2-c2ccccc2-4)c2cccc3oc4ccccc4c23)cc1. The Hall–Kier alpha value is -5.86. The first-order chi connectivity index (χ1) is 21.8. The van der Waals surface area contributed by atoms with Crippen molar-refractivity contribution in [1.82, 2.24) is 0 Å². The molecule has 0 radical (unpaired) electrons. The lowest BCUT2D eigenvalue weighted by Gasteiger charge is -2.28. The highest BCUT2D eigenvalue weighted by molar-refractivity contribution is 6.16. The molecule has 0 saturated heterocycles. The molecular formula is C42H25NO. The standard InChI is InChI=1S/C42H25NO/c1-2-11-26(12-3-1)43(37-20-10-22-39-42(37)35-15-6-7-21-38(35)44-39)27-23-24-29-32-17-9-18-33-34-19-8-16-31(41(34)36(29)25-27)28-13-4-5-14-30(28)40(32)33/h1-25H. The number of fused-ring (bicyclic) bond motifs is 7. The highest BCUT2D eigenvalue weighted by atomic mass is 16.3. The summed E-state index contributed by atoms with van der Waals surface area (Å²) in [6, 6.07) is 54.9. The number of furan rings is 1. The van der Waals surface area contributed by atoms with Crippen LogP contribution in [-0.4, -0.2) is 0 Å². The summed E-state index contributed by atoms with van der Waals surface area (Å²) in [6.07, 6.45) is 0. The minimum absolute atomic E-state index is 0.888. The monoisotopic (exact) mass is 559 g/mol. The van der Waals surface area contributed by atoms with Gasteiger partial charge in [0.1, 0.15) is 11.2 Å². The Balaban J connectivity index is 1.30. The Morgan fingerprint density at radius 1 is 0.364 bits per heavy atom. The van der Waals surface area contributed by atoms with Gasteiger partial charge in [0.25, 0.3) is 0 Å². The van der Waals surface area contributed by atoms with Gasteiger partial charge in [-0.2, -0.15) is 0 Å². The predicted molar refractivity (Wildman–Crippen MR) is 183 cm³/mol. The van der Waals surface area contributed by atoms with Crippen LogP contribution < -0.4 is 4.90 Å². The van der Waals surface area contributed by atoms with Gasteiger partial charge >= 0.3 is 0 Å². The number of hydrogen-bond donors (Lipinski definition) is 0. The van der Waals surface area contributed by atoms with E-state index in [1.165, 1.54) is 55.6 Å². The maximum absolute atomic E-state index is 6.34. The normalized spacial score (nSPS) is 12.1. The molecule has 2 nitrogen and oxygen atoms in total. The molecule has 0 N–H and O–H groups in total. The van der Waals surface area contributed by atoms with Crippen molar-refractivity contribution in [3.8, 4) is 55.6 Å². The molecule has 1 heterocycles. The van der Waals surface area contributed by atoms with E-state index in [4.69, 9.17) is 4.42 Å². The zero-order valence-corrected chi connectivity index (χ0v) is 23.8. The Morgan fingerprint density at radius 2 is 0.932 bits per heavy atom. The minimum atomic E-state index is 0.888. The summed E-state index contributed by atoms with van der Waals surface area (Å²) in [5, 5.41) is 2.24. The highest BCUT2D eigenvalue weighted by Crippen LogP contribution is 2.58. The molecule has 2 aliphatic carbocycles. The third kappa shape index (κ3) is 3.14. The van der Waals surface area contributed by atoms with E-state index in [1.807, 2.05) is 6.07 Å². The van der Waals surface area contributed by atoms with Gasteiger partial charge in [0.15, 0.2) is 0 Å². The molecule has 1 aromatic heterocycles. The van der Waals surface area contributed by atoms with Gasteiger partial charge in [-0.1, -0.05) is 109 Å². The number of para-hydroxylation sites is 2. The number of hydrogen-bond acceptors (Lipinski definition) is 2. The van der Waals surface area contributed by atoms with Crippen LogP contribution in [-0.2, 0) is 0 Å². The molecular weight excluding hydrogens is 534 g/mol. The topological polar surface area (TPSA) is 16.4 Å². The lowest BCUT2D eigenvalue weighted by Crippen LogP contribution is -2.10. The zero-order chi connectivity index (χ0) is 28.8. The summed E-state index contributed by atoms with van der Waals surface area (Å²) < 4.78 is 6.34. The number of anilines is 3. The van der Waals surface area contributed by atoms with E-state index in [1.54, 1.807) is 0 Å². The average molecular weight is 560 g/mol. The maximum atomic E-state index is 6.34. The second-order valence-electron chi connectivity index (χ2n) is 11.7. The van der Waals surface area contributed by atoms with Crippen molar-refractivity contribution < 1.29 is 4.42 Å². The molecule has 0 amide bonds. The first-order valence-electron chi connectivity index (χ1n) is 15.1. The lowest BCUT2D eigenvalue weighted by atomic mass is 9.83. The Kier molecular flexibility index (Phi) is 4.75. The highest BCUT2D eigenvalue weighted by Gasteiger charge is 2.31. The van der Waals surface area contributed by atoms with Gasteiger partial charge < -0.3 is 9.32 Å². The maximum Gasteiger partial charge on any atom is 0.137 e. The van der Waals surface area contributed by atoms with Crippen LogP contribution in [0.2, 0.25) is 0 Å². The van der Waals surface area contributed by atoms with E-state index in [9.17, 15) is 0 Å². The van der Waals surface area contributed by atoms with Crippen LogP contribution in [0.15, 0.2) is 156 Å². The number of benzene rings is 7. The molecule has 2 aliphatic rings.